The summed E-state index contributed by atoms with van der Waals surface area (Å²) in [6.07, 6.45) is 3.99. The average Bonchev–Trinajstić information content (AvgIpc) is 3.89. The lowest BCUT2D eigenvalue weighted by atomic mass is 10.0. The van der Waals surface area contributed by atoms with Crippen molar-refractivity contribution in [2.75, 3.05) is 0 Å². The van der Waals surface area contributed by atoms with Crippen molar-refractivity contribution in [2.24, 2.45) is 0 Å². The van der Waals surface area contributed by atoms with E-state index >= 15 is 0 Å². The molecule has 0 aliphatic rings. The van der Waals surface area contributed by atoms with Gasteiger partial charge in [0.1, 0.15) is 12.1 Å². The molecule has 0 spiro atoms. The molecule has 0 saturated heterocycles. The fourth-order valence-corrected chi connectivity index (χ4v) is 10.9. The maximum Gasteiger partial charge on any atom is 0.101 e. The molecule has 0 radical (unpaired) electrons. The lowest BCUT2D eigenvalue weighted by Gasteiger charge is -2.01. The number of thiophene rings is 6. The first-order valence-electron chi connectivity index (χ1n) is 13.6. The molecule has 2 aromatic carbocycles. The van der Waals surface area contributed by atoms with Gasteiger partial charge in [-0.05, 0) is 94.3 Å². The minimum absolute atomic E-state index is 0.704. The molecule has 6 heterocycles. The van der Waals surface area contributed by atoms with E-state index in [2.05, 4.69) is 72.8 Å². The first-order chi connectivity index (χ1) is 21.7. The smallest absolute Gasteiger partial charge is 0.101 e. The number of nitriles is 2. The Morgan fingerprint density at radius 1 is 0.500 bits per heavy atom. The summed E-state index contributed by atoms with van der Waals surface area (Å²) in [6, 6.07) is 34.9. The van der Waals surface area contributed by atoms with Gasteiger partial charge in [-0.3, -0.25) is 0 Å². The number of hydrogen-bond acceptors (Lipinski definition) is 8. The van der Waals surface area contributed by atoms with E-state index in [1.54, 1.807) is 45.3 Å². The van der Waals surface area contributed by atoms with Crippen LogP contribution in [0, 0.1) is 22.7 Å². The van der Waals surface area contributed by atoms with Crippen LogP contribution >= 0.6 is 68.0 Å². The third-order valence-electron chi connectivity index (χ3n) is 7.32. The molecule has 2 nitrogen and oxygen atoms in total. The van der Waals surface area contributed by atoms with E-state index in [1.165, 1.54) is 50.5 Å². The average molecular weight is 671 g/mol. The molecule has 6 aromatic heterocycles. The summed E-state index contributed by atoms with van der Waals surface area (Å²) in [5, 5.41) is 28.5. The Morgan fingerprint density at radius 2 is 0.977 bits per heavy atom. The maximum absolute atomic E-state index is 9.68. The van der Waals surface area contributed by atoms with Crippen LogP contribution in [0.4, 0.5) is 0 Å². The second-order valence-corrected chi connectivity index (χ2v) is 16.3. The Balaban J connectivity index is 1.14. The fourth-order valence-electron chi connectivity index (χ4n) is 5.28. The van der Waals surface area contributed by atoms with E-state index in [9.17, 15) is 10.5 Å². The van der Waals surface area contributed by atoms with Crippen molar-refractivity contribution in [3.05, 3.63) is 115 Å². The van der Waals surface area contributed by atoms with Crippen LogP contribution < -0.4 is 0 Å². The number of allylic oxidation sites excluding steroid dienone is 2. The Kier molecular flexibility index (Phi) is 7.12. The van der Waals surface area contributed by atoms with E-state index in [1.807, 2.05) is 69.9 Å². The van der Waals surface area contributed by atoms with Crippen LogP contribution in [0.15, 0.2) is 95.7 Å². The summed E-state index contributed by atoms with van der Waals surface area (Å²) < 4.78 is 2.55. The van der Waals surface area contributed by atoms with Crippen molar-refractivity contribution in [3.8, 4) is 31.6 Å². The third-order valence-corrected chi connectivity index (χ3v) is 13.8. The van der Waals surface area contributed by atoms with Gasteiger partial charge in [-0.2, -0.15) is 10.5 Å². The Bertz CT molecular complexity index is 2290. The van der Waals surface area contributed by atoms with Gasteiger partial charge in [-0.25, -0.2) is 0 Å². The fraction of sp³-hybridized carbons (Fsp3) is 0. The van der Waals surface area contributed by atoms with Gasteiger partial charge in [0.15, 0.2) is 0 Å². The maximum atomic E-state index is 9.68. The van der Waals surface area contributed by atoms with E-state index in [0.29, 0.717) is 11.1 Å². The Morgan fingerprint density at radius 3 is 1.39 bits per heavy atom. The number of nitrogens with zero attached hydrogens (tertiary/aromatic N) is 2. The quantitative estimate of drug-likeness (QED) is 0.165. The normalized spacial score (nSPS) is 12.3. The summed E-state index contributed by atoms with van der Waals surface area (Å²) in [4.78, 5) is 9.09. The molecule has 8 aromatic rings. The number of benzene rings is 2. The van der Waals surface area contributed by atoms with Crippen molar-refractivity contribution in [1.82, 2.24) is 0 Å². The van der Waals surface area contributed by atoms with E-state index in [0.717, 1.165) is 19.5 Å². The SMILES string of the molecule is N#CC(=Cc1ccc(-c2cc3c(ccc4c5cc(-c6ccc(C=C(C#N)c7cccs7)s6)sc5ccc34)s2)s1)c1cccs1. The second-order valence-electron chi connectivity index (χ2n) is 9.97. The van der Waals surface area contributed by atoms with Crippen LogP contribution in [0.1, 0.15) is 19.5 Å². The van der Waals surface area contributed by atoms with Gasteiger partial charge in [-0.1, -0.05) is 24.3 Å². The number of hydrogen-bond donors (Lipinski definition) is 0. The van der Waals surface area contributed by atoms with Crippen molar-refractivity contribution >= 4 is 122 Å². The van der Waals surface area contributed by atoms with Gasteiger partial charge >= 0.3 is 0 Å². The van der Waals surface area contributed by atoms with E-state index in [4.69, 9.17) is 0 Å². The summed E-state index contributed by atoms with van der Waals surface area (Å²) in [5.41, 5.74) is 1.41. The molecule has 8 rings (SSSR count). The largest absolute Gasteiger partial charge is 0.192 e. The van der Waals surface area contributed by atoms with Gasteiger partial charge in [0.2, 0.25) is 0 Å². The molecular formula is C36H18N2S6. The molecule has 0 unspecified atom stereocenters. The van der Waals surface area contributed by atoms with Crippen molar-refractivity contribution in [1.29, 1.82) is 10.5 Å². The molecule has 0 amide bonds. The molecule has 0 saturated carbocycles. The Hall–Kier alpha value is -4.12. The molecule has 0 bridgehead atoms. The highest BCUT2D eigenvalue weighted by molar-refractivity contribution is 7.27. The third kappa shape index (κ3) is 4.96. The van der Waals surface area contributed by atoms with Gasteiger partial charge in [-0.15, -0.1) is 68.0 Å². The molecular weight excluding hydrogens is 653 g/mol. The summed E-state index contributed by atoms with van der Waals surface area (Å²) in [5.74, 6) is 0. The highest BCUT2D eigenvalue weighted by Gasteiger charge is 2.14. The highest BCUT2D eigenvalue weighted by Crippen LogP contribution is 2.45. The lowest BCUT2D eigenvalue weighted by Crippen LogP contribution is -1.74. The first kappa shape index (κ1) is 27.4. The first-order valence-corrected chi connectivity index (χ1v) is 18.6. The Labute approximate surface area is 277 Å². The molecule has 0 N–H and O–H groups in total. The minimum Gasteiger partial charge on any atom is -0.192 e. The summed E-state index contributed by atoms with van der Waals surface area (Å²) in [6.45, 7) is 0. The van der Waals surface area contributed by atoms with E-state index < -0.39 is 0 Å². The van der Waals surface area contributed by atoms with Gasteiger partial charge in [0.05, 0.1) is 11.1 Å². The molecule has 0 aliphatic heterocycles. The minimum atomic E-state index is 0.704. The van der Waals surface area contributed by atoms with Crippen molar-refractivity contribution < 1.29 is 0 Å². The molecule has 0 atom stereocenters. The van der Waals surface area contributed by atoms with Crippen LogP contribution in [-0.2, 0) is 0 Å². The topological polar surface area (TPSA) is 47.6 Å². The van der Waals surface area contributed by atoms with E-state index in [-0.39, 0.29) is 0 Å². The zero-order valence-corrected chi connectivity index (χ0v) is 27.6. The van der Waals surface area contributed by atoms with Gasteiger partial charge in [0.25, 0.3) is 0 Å². The van der Waals surface area contributed by atoms with Crippen LogP contribution in [0.5, 0.6) is 0 Å². The van der Waals surface area contributed by atoms with Crippen LogP contribution in [0.25, 0.3) is 73.8 Å². The predicted octanol–water partition coefficient (Wildman–Crippen LogP) is 13.0. The zero-order valence-electron chi connectivity index (χ0n) is 22.7. The van der Waals surface area contributed by atoms with Gasteiger partial charge < -0.3 is 0 Å². The molecule has 0 aliphatic carbocycles. The monoisotopic (exact) mass is 670 g/mol. The predicted molar refractivity (Wildman–Crippen MR) is 197 cm³/mol. The standard InChI is InChI=1S/C36H18N2S6/c37-19-21(29-3-1-13-39-29)15-23-5-9-33(41-23)35-17-27-25-8-12-32-28(26(25)7-11-31(27)43-35)18-36(44-32)34-10-6-24(42-34)16-22(20-38)30-4-2-14-40-30/h1-18H. The summed E-state index contributed by atoms with van der Waals surface area (Å²) in [7, 11) is 0. The lowest BCUT2D eigenvalue weighted by molar-refractivity contribution is 1.54. The van der Waals surface area contributed by atoms with Crippen LogP contribution in [-0.4, -0.2) is 0 Å². The van der Waals surface area contributed by atoms with Crippen molar-refractivity contribution in [2.45, 2.75) is 0 Å². The highest BCUT2D eigenvalue weighted by atomic mass is 32.1. The van der Waals surface area contributed by atoms with Crippen LogP contribution in [0.3, 0.4) is 0 Å². The van der Waals surface area contributed by atoms with Crippen LogP contribution in [0.2, 0.25) is 0 Å². The molecule has 8 heteroatoms. The number of rotatable bonds is 6. The summed E-state index contributed by atoms with van der Waals surface area (Å²) >= 11 is 10.3. The van der Waals surface area contributed by atoms with Crippen molar-refractivity contribution in [3.63, 3.8) is 0 Å². The molecule has 0 fully saturated rings. The molecule has 208 valence electrons. The van der Waals surface area contributed by atoms with Gasteiger partial charge in [0, 0.05) is 59.2 Å². The second kappa shape index (κ2) is 11.4. The molecule has 44 heavy (non-hydrogen) atoms. The number of fused-ring (bicyclic) bond motifs is 5. The zero-order chi connectivity index (χ0) is 29.6.